The smallest absolute Gasteiger partial charge is 0.230 e. The lowest BCUT2D eigenvalue weighted by Gasteiger charge is -2.39. The second-order valence-electron chi connectivity index (χ2n) is 7.72. The van der Waals surface area contributed by atoms with E-state index in [9.17, 15) is 9.59 Å². The molecule has 2 heterocycles. The number of halogens is 3. The first-order valence-corrected chi connectivity index (χ1v) is 10.3. The highest BCUT2D eigenvalue weighted by molar-refractivity contribution is 6.42. The Bertz CT molecular complexity index is 734. The van der Waals surface area contributed by atoms with E-state index in [4.69, 9.17) is 23.2 Å². The number of likely N-dealkylation sites (tertiary alicyclic amines) is 2. The van der Waals surface area contributed by atoms with Crippen LogP contribution in [0.25, 0.3) is 0 Å². The highest BCUT2D eigenvalue weighted by Crippen LogP contribution is 2.39. The molecule has 3 aliphatic rings. The van der Waals surface area contributed by atoms with Gasteiger partial charge in [-0.05, 0) is 62.9 Å². The molecule has 0 spiro atoms. The summed E-state index contributed by atoms with van der Waals surface area (Å²) in [5.74, 6) is -0.337. The third kappa shape index (κ3) is 4.14. The van der Waals surface area contributed by atoms with Crippen molar-refractivity contribution in [1.29, 1.82) is 0 Å². The Morgan fingerprint density at radius 3 is 2.44 bits per heavy atom. The van der Waals surface area contributed by atoms with Crippen LogP contribution in [-0.4, -0.2) is 53.7 Å². The van der Waals surface area contributed by atoms with Gasteiger partial charge in [-0.1, -0.05) is 23.2 Å². The zero-order chi connectivity index (χ0) is 18.3. The number of carbonyl (C=O) groups is 2. The predicted octanol–water partition coefficient (Wildman–Crippen LogP) is 4.56. The van der Waals surface area contributed by atoms with Crippen molar-refractivity contribution in [2.24, 2.45) is 0 Å². The van der Waals surface area contributed by atoms with Gasteiger partial charge in [0, 0.05) is 31.1 Å². The van der Waals surface area contributed by atoms with Crippen molar-refractivity contribution in [3.8, 4) is 0 Å². The van der Waals surface area contributed by atoms with Gasteiger partial charge in [0.2, 0.25) is 5.91 Å². The molecular formula is C20H25Cl3N2O2. The maximum Gasteiger partial charge on any atom is 0.230 e. The van der Waals surface area contributed by atoms with Gasteiger partial charge in [-0.15, -0.1) is 12.4 Å². The molecule has 2 fully saturated rings. The van der Waals surface area contributed by atoms with Crippen LogP contribution in [0.1, 0.15) is 60.4 Å². The third-order valence-corrected chi connectivity index (χ3v) is 6.76. The predicted molar refractivity (Wildman–Crippen MR) is 110 cm³/mol. The van der Waals surface area contributed by atoms with E-state index >= 15 is 0 Å². The van der Waals surface area contributed by atoms with Crippen LogP contribution in [0.2, 0.25) is 10.0 Å². The molecule has 0 bridgehead atoms. The summed E-state index contributed by atoms with van der Waals surface area (Å²) in [6, 6.07) is 3.59. The number of hydrogen-bond donors (Lipinski definition) is 0. The van der Waals surface area contributed by atoms with E-state index in [-0.39, 0.29) is 36.6 Å². The van der Waals surface area contributed by atoms with Crippen LogP contribution in [0.15, 0.2) is 12.1 Å². The number of ketones is 1. The number of rotatable bonds is 3. The quantitative estimate of drug-likeness (QED) is 0.704. The van der Waals surface area contributed by atoms with Gasteiger partial charge in [-0.3, -0.25) is 9.59 Å². The van der Waals surface area contributed by atoms with E-state index in [2.05, 4.69) is 4.90 Å². The normalized spacial score (nSPS) is 25.4. The molecule has 2 saturated heterocycles. The molecular weight excluding hydrogens is 407 g/mol. The number of amides is 1. The maximum atomic E-state index is 13.4. The fraction of sp³-hybridized carbons (Fsp3) is 0.600. The molecule has 7 heteroatoms. The van der Waals surface area contributed by atoms with Crippen molar-refractivity contribution in [2.45, 2.75) is 50.5 Å². The van der Waals surface area contributed by atoms with Crippen LogP contribution in [0.4, 0.5) is 0 Å². The highest BCUT2D eigenvalue weighted by atomic mass is 35.5. The number of nitrogens with zero attached hydrogens (tertiary/aromatic N) is 2. The summed E-state index contributed by atoms with van der Waals surface area (Å²) in [7, 11) is 0. The number of carbonyl (C=O) groups excluding carboxylic acids is 2. The Balaban J connectivity index is 0.00000210. The van der Waals surface area contributed by atoms with Crippen LogP contribution in [-0.2, 0) is 4.79 Å². The summed E-state index contributed by atoms with van der Waals surface area (Å²) in [5.41, 5.74) is 1.31. The van der Waals surface area contributed by atoms with Gasteiger partial charge >= 0.3 is 0 Å². The fourth-order valence-electron chi connectivity index (χ4n) is 4.66. The monoisotopic (exact) mass is 430 g/mol. The van der Waals surface area contributed by atoms with E-state index in [0.29, 0.717) is 15.6 Å². The van der Waals surface area contributed by atoms with Crippen LogP contribution >= 0.6 is 35.6 Å². The number of hydrogen-bond acceptors (Lipinski definition) is 3. The van der Waals surface area contributed by atoms with Gasteiger partial charge in [-0.25, -0.2) is 0 Å². The number of piperidine rings is 1. The van der Waals surface area contributed by atoms with Gasteiger partial charge in [0.25, 0.3) is 0 Å². The highest BCUT2D eigenvalue weighted by Gasteiger charge is 2.40. The minimum Gasteiger partial charge on any atom is -0.338 e. The second kappa shape index (κ2) is 8.69. The fourth-order valence-corrected chi connectivity index (χ4v) is 5.00. The molecule has 4 nitrogen and oxygen atoms in total. The topological polar surface area (TPSA) is 40.6 Å². The molecule has 0 aromatic heterocycles. The summed E-state index contributed by atoms with van der Waals surface area (Å²) >= 11 is 12.2. The first-order chi connectivity index (χ1) is 12.5. The summed E-state index contributed by atoms with van der Waals surface area (Å²) in [5, 5.41) is 0.780. The summed E-state index contributed by atoms with van der Waals surface area (Å²) in [6.45, 7) is 4.02. The van der Waals surface area contributed by atoms with E-state index in [1.165, 1.54) is 19.3 Å². The lowest BCUT2D eigenvalue weighted by atomic mass is 9.95. The second-order valence-corrected chi connectivity index (χ2v) is 8.54. The van der Waals surface area contributed by atoms with Gasteiger partial charge in [-0.2, -0.15) is 0 Å². The van der Waals surface area contributed by atoms with Crippen molar-refractivity contribution in [1.82, 2.24) is 9.80 Å². The minimum atomic E-state index is -0.411. The Morgan fingerprint density at radius 1 is 1.04 bits per heavy atom. The maximum absolute atomic E-state index is 13.4. The molecule has 1 aromatic carbocycles. The number of benzene rings is 1. The van der Waals surface area contributed by atoms with Crippen LogP contribution in [0.5, 0.6) is 0 Å². The molecule has 1 unspecified atom stereocenters. The SMILES string of the molecule is Cl.O=C1CC(C(=O)N2CCCC[C@H]2CN2CCCC2)c2cc(Cl)c(Cl)cc21. The summed E-state index contributed by atoms with van der Waals surface area (Å²) in [6.07, 6.45) is 6.00. The van der Waals surface area contributed by atoms with Gasteiger partial charge in [0.15, 0.2) is 5.78 Å². The molecule has 0 saturated carbocycles. The van der Waals surface area contributed by atoms with E-state index in [1.54, 1.807) is 12.1 Å². The molecule has 0 N–H and O–H groups in total. The Morgan fingerprint density at radius 2 is 1.70 bits per heavy atom. The standard InChI is InChI=1S/C20H24Cl2N2O2.ClH/c21-17-9-14-15(10-18(17)22)19(25)11-16(14)20(26)24-8-2-1-5-13(24)12-23-6-3-4-7-23;/h9-10,13,16H,1-8,11-12H2;1H/t13-,16?;/m0./s1. The third-order valence-electron chi connectivity index (χ3n) is 6.03. The molecule has 4 rings (SSSR count). The first kappa shape index (κ1) is 20.9. The number of fused-ring (bicyclic) bond motifs is 1. The molecule has 0 radical (unpaired) electrons. The van der Waals surface area contributed by atoms with Crippen molar-refractivity contribution in [2.75, 3.05) is 26.2 Å². The molecule has 1 aliphatic carbocycles. The molecule has 148 valence electrons. The van der Waals surface area contributed by atoms with E-state index in [0.717, 1.165) is 44.6 Å². The van der Waals surface area contributed by atoms with Crippen molar-refractivity contribution in [3.63, 3.8) is 0 Å². The largest absolute Gasteiger partial charge is 0.338 e. The lowest BCUT2D eigenvalue weighted by molar-refractivity contribution is -0.136. The van der Waals surface area contributed by atoms with Crippen molar-refractivity contribution < 1.29 is 9.59 Å². The molecule has 1 aromatic rings. The van der Waals surface area contributed by atoms with E-state index in [1.807, 2.05) is 4.90 Å². The van der Waals surface area contributed by atoms with Gasteiger partial charge in [0.05, 0.1) is 16.0 Å². The zero-order valence-electron chi connectivity index (χ0n) is 15.3. The van der Waals surface area contributed by atoms with Crippen LogP contribution in [0.3, 0.4) is 0 Å². The molecule has 27 heavy (non-hydrogen) atoms. The first-order valence-electron chi connectivity index (χ1n) is 9.59. The molecule has 1 amide bonds. The average Bonchev–Trinajstić information content (AvgIpc) is 3.24. The van der Waals surface area contributed by atoms with Crippen molar-refractivity contribution in [3.05, 3.63) is 33.3 Å². The summed E-state index contributed by atoms with van der Waals surface area (Å²) in [4.78, 5) is 30.3. The zero-order valence-corrected chi connectivity index (χ0v) is 17.6. The molecule has 2 aliphatic heterocycles. The average molecular weight is 432 g/mol. The lowest BCUT2D eigenvalue weighted by Crippen LogP contribution is -2.50. The van der Waals surface area contributed by atoms with Crippen LogP contribution in [0, 0.1) is 0 Å². The number of Topliss-reactive ketones (excluding diaryl/α,β-unsaturated/α-hetero) is 1. The summed E-state index contributed by atoms with van der Waals surface area (Å²) < 4.78 is 0. The van der Waals surface area contributed by atoms with Crippen molar-refractivity contribution >= 4 is 47.3 Å². The Hall–Kier alpha value is -0.810. The minimum absolute atomic E-state index is 0. The van der Waals surface area contributed by atoms with Gasteiger partial charge in [0.1, 0.15) is 0 Å². The Labute approximate surface area is 176 Å². The Kier molecular flexibility index (Phi) is 6.73. The van der Waals surface area contributed by atoms with E-state index < -0.39 is 5.92 Å². The van der Waals surface area contributed by atoms with Gasteiger partial charge < -0.3 is 9.80 Å². The van der Waals surface area contributed by atoms with Crippen LogP contribution < -0.4 is 0 Å². The molecule has 2 atom stereocenters.